The summed E-state index contributed by atoms with van der Waals surface area (Å²) in [5.74, 6) is -1.14. The molecule has 0 radical (unpaired) electrons. The van der Waals surface area contributed by atoms with E-state index < -0.39 is 5.78 Å². The van der Waals surface area contributed by atoms with Crippen LogP contribution in [0, 0.1) is 0 Å². The molecule has 5 heteroatoms. The van der Waals surface area contributed by atoms with Crippen LogP contribution in [-0.4, -0.2) is 17.3 Å². The molecule has 0 bridgehead atoms. The maximum Gasteiger partial charge on any atom is 0.196 e. The molecule has 1 aliphatic carbocycles. The molecule has 0 amide bonds. The van der Waals surface area contributed by atoms with Gasteiger partial charge in [-0.2, -0.15) is 0 Å². The lowest BCUT2D eigenvalue weighted by atomic mass is 9.80. The lowest BCUT2D eigenvalue weighted by molar-refractivity contribution is 0.0979. The Morgan fingerprint density at radius 3 is 1.78 bits per heavy atom. The van der Waals surface area contributed by atoms with Crippen molar-refractivity contribution in [3.63, 3.8) is 0 Å². The number of rotatable bonds is 3. The molecule has 4 N–H and O–H groups in total. The first-order valence-electron chi connectivity index (χ1n) is 10.1. The molecule has 5 rings (SSSR count). The number of anilines is 2. The second-order valence-corrected chi connectivity index (χ2v) is 7.65. The topological polar surface area (TPSA) is 103 Å². The van der Waals surface area contributed by atoms with Crippen LogP contribution in [0.15, 0.2) is 84.9 Å². The Bertz CT molecular complexity index is 1420. The molecule has 0 heterocycles. The van der Waals surface area contributed by atoms with Gasteiger partial charge in [0.05, 0.1) is 16.8 Å². The van der Waals surface area contributed by atoms with Crippen LogP contribution >= 0.6 is 0 Å². The van der Waals surface area contributed by atoms with E-state index in [0.29, 0.717) is 5.56 Å². The van der Waals surface area contributed by atoms with Gasteiger partial charge in [0.25, 0.3) is 0 Å². The Balaban J connectivity index is 1.58. The zero-order valence-electron chi connectivity index (χ0n) is 17.0. The highest BCUT2D eigenvalue weighted by Gasteiger charge is 2.35. The summed E-state index contributed by atoms with van der Waals surface area (Å²) in [4.78, 5) is 39.4. The molecule has 5 nitrogen and oxygen atoms in total. The van der Waals surface area contributed by atoms with Crippen molar-refractivity contribution < 1.29 is 14.4 Å². The summed E-state index contributed by atoms with van der Waals surface area (Å²) in [5, 5.41) is 0. The predicted octanol–water partition coefficient (Wildman–Crippen LogP) is 4.52. The molecule has 0 aromatic heterocycles. The normalized spacial score (nSPS) is 12.2. The monoisotopic (exact) mass is 418 g/mol. The molecular weight excluding hydrogens is 400 g/mol. The fourth-order valence-corrected chi connectivity index (χ4v) is 4.14. The van der Waals surface area contributed by atoms with E-state index in [-0.39, 0.29) is 50.8 Å². The summed E-state index contributed by atoms with van der Waals surface area (Å²) >= 11 is 0. The standard InChI is InChI=1S/C27H18N2O3/c28-21-14-20(25(30)17-12-10-16(11-13-17)15-6-2-1-3-7-15)24(29)23-22(21)26(31)18-8-4-5-9-19(18)27(23)32/h1-14H,28-29H2. The minimum atomic E-state index is -0.409. The lowest BCUT2D eigenvalue weighted by Crippen LogP contribution is -2.25. The van der Waals surface area contributed by atoms with Gasteiger partial charge in [0.1, 0.15) is 0 Å². The molecule has 0 unspecified atom stereocenters. The highest BCUT2D eigenvalue weighted by atomic mass is 16.1. The fourth-order valence-electron chi connectivity index (χ4n) is 4.14. The molecule has 4 aromatic carbocycles. The van der Waals surface area contributed by atoms with Crippen LogP contribution in [0.2, 0.25) is 0 Å². The van der Waals surface area contributed by atoms with E-state index in [1.165, 1.54) is 6.07 Å². The van der Waals surface area contributed by atoms with E-state index in [1.54, 1.807) is 36.4 Å². The second kappa shape index (κ2) is 7.32. The van der Waals surface area contributed by atoms with Gasteiger partial charge in [0.2, 0.25) is 0 Å². The first-order chi connectivity index (χ1) is 15.5. The summed E-state index contributed by atoms with van der Waals surface area (Å²) in [5.41, 5.74) is 15.6. The largest absolute Gasteiger partial charge is 0.398 e. The van der Waals surface area contributed by atoms with Gasteiger partial charge in [-0.05, 0) is 17.2 Å². The SMILES string of the molecule is Nc1cc(C(=O)c2ccc(-c3ccccc3)cc2)c(N)c2c1C(=O)c1ccccc1C2=O. The average Bonchev–Trinajstić information content (AvgIpc) is 2.84. The van der Waals surface area contributed by atoms with Crippen LogP contribution < -0.4 is 11.5 Å². The zero-order valence-corrected chi connectivity index (χ0v) is 17.0. The molecule has 0 spiro atoms. The predicted molar refractivity (Wildman–Crippen MR) is 124 cm³/mol. The van der Waals surface area contributed by atoms with Crippen molar-refractivity contribution in [3.8, 4) is 11.1 Å². The van der Waals surface area contributed by atoms with Crippen molar-refractivity contribution in [2.24, 2.45) is 0 Å². The number of nitrogen functional groups attached to an aromatic ring is 2. The summed E-state index contributed by atoms with van der Waals surface area (Å²) in [6.07, 6.45) is 0. The van der Waals surface area contributed by atoms with Crippen LogP contribution in [0.25, 0.3) is 11.1 Å². The molecule has 0 aliphatic heterocycles. The molecule has 1 aliphatic rings. The van der Waals surface area contributed by atoms with E-state index in [4.69, 9.17) is 11.5 Å². The third-order valence-corrected chi connectivity index (χ3v) is 5.77. The minimum absolute atomic E-state index is 0.00189. The maximum absolute atomic E-state index is 13.3. The lowest BCUT2D eigenvalue weighted by Gasteiger charge is -2.22. The number of benzene rings is 4. The summed E-state index contributed by atoms with van der Waals surface area (Å²) in [6.45, 7) is 0. The second-order valence-electron chi connectivity index (χ2n) is 7.65. The van der Waals surface area contributed by atoms with Crippen LogP contribution in [0.1, 0.15) is 47.8 Å². The van der Waals surface area contributed by atoms with Crippen LogP contribution in [0.5, 0.6) is 0 Å². The van der Waals surface area contributed by atoms with Gasteiger partial charge < -0.3 is 11.5 Å². The molecule has 4 aromatic rings. The third kappa shape index (κ3) is 2.91. The van der Waals surface area contributed by atoms with Gasteiger partial charge in [-0.1, -0.05) is 78.9 Å². The van der Waals surface area contributed by atoms with Crippen molar-refractivity contribution in [2.75, 3.05) is 11.5 Å². The van der Waals surface area contributed by atoms with Gasteiger partial charge in [-0.25, -0.2) is 0 Å². The van der Waals surface area contributed by atoms with Gasteiger partial charge in [0, 0.05) is 27.9 Å². The number of hydrogen-bond donors (Lipinski definition) is 2. The molecule has 0 atom stereocenters. The Hall–Kier alpha value is -4.51. The van der Waals surface area contributed by atoms with Gasteiger partial charge >= 0.3 is 0 Å². The number of carbonyl (C=O) groups excluding carboxylic acids is 3. The number of carbonyl (C=O) groups is 3. The minimum Gasteiger partial charge on any atom is -0.398 e. The first kappa shape index (κ1) is 19.5. The van der Waals surface area contributed by atoms with Crippen molar-refractivity contribution in [3.05, 3.63) is 118 Å². The molecular formula is C27H18N2O3. The van der Waals surface area contributed by atoms with Crippen molar-refractivity contribution in [1.29, 1.82) is 0 Å². The first-order valence-corrected chi connectivity index (χ1v) is 10.1. The quantitative estimate of drug-likeness (QED) is 0.331. The van der Waals surface area contributed by atoms with E-state index in [0.717, 1.165) is 11.1 Å². The number of ketones is 3. The summed E-state index contributed by atoms with van der Waals surface area (Å²) in [6, 6.07) is 24.8. The van der Waals surface area contributed by atoms with Crippen LogP contribution in [0.4, 0.5) is 11.4 Å². The van der Waals surface area contributed by atoms with Crippen LogP contribution in [-0.2, 0) is 0 Å². The number of nitrogens with two attached hydrogens (primary N) is 2. The fraction of sp³-hybridized carbons (Fsp3) is 0. The highest BCUT2D eigenvalue weighted by Crippen LogP contribution is 2.37. The van der Waals surface area contributed by atoms with Gasteiger partial charge in [-0.3, -0.25) is 14.4 Å². The van der Waals surface area contributed by atoms with E-state index in [9.17, 15) is 14.4 Å². The van der Waals surface area contributed by atoms with E-state index in [1.807, 2.05) is 42.5 Å². The Labute approximate surface area is 184 Å². The third-order valence-electron chi connectivity index (χ3n) is 5.77. The molecule has 154 valence electrons. The van der Waals surface area contributed by atoms with E-state index in [2.05, 4.69) is 0 Å². The molecule has 0 saturated carbocycles. The molecule has 32 heavy (non-hydrogen) atoms. The van der Waals surface area contributed by atoms with Crippen LogP contribution in [0.3, 0.4) is 0 Å². The van der Waals surface area contributed by atoms with Crippen molar-refractivity contribution in [1.82, 2.24) is 0 Å². The number of fused-ring (bicyclic) bond motifs is 2. The average molecular weight is 418 g/mol. The Morgan fingerprint density at radius 1 is 0.625 bits per heavy atom. The number of hydrogen-bond acceptors (Lipinski definition) is 5. The summed E-state index contributed by atoms with van der Waals surface area (Å²) < 4.78 is 0. The smallest absolute Gasteiger partial charge is 0.196 e. The molecule has 0 fully saturated rings. The molecule has 0 saturated heterocycles. The zero-order chi connectivity index (χ0) is 22.4. The van der Waals surface area contributed by atoms with Gasteiger partial charge in [-0.15, -0.1) is 0 Å². The van der Waals surface area contributed by atoms with E-state index >= 15 is 0 Å². The van der Waals surface area contributed by atoms with Crippen molar-refractivity contribution >= 4 is 28.7 Å². The Kier molecular flexibility index (Phi) is 4.45. The summed E-state index contributed by atoms with van der Waals surface area (Å²) in [7, 11) is 0. The maximum atomic E-state index is 13.3. The highest BCUT2D eigenvalue weighted by molar-refractivity contribution is 6.33. The Morgan fingerprint density at radius 2 is 1.16 bits per heavy atom. The van der Waals surface area contributed by atoms with Crippen molar-refractivity contribution in [2.45, 2.75) is 0 Å². The van der Waals surface area contributed by atoms with Gasteiger partial charge in [0.15, 0.2) is 17.3 Å².